The molecular formula is C45H56N12O12. The van der Waals surface area contributed by atoms with Gasteiger partial charge in [-0.1, -0.05) is 12.2 Å². The van der Waals surface area contributed by atoms with Crippen LogP contribution in [0.1, 0.15) is 73.3 Å². The number of aliphatic hydroxyl groups excluding tert-OH is 3. The minimum Gasteiger partial charge on any atom is -0.494 e. The fraction of sp³-hybridized carbons (Fsp3) is 0.422. The number of ether oxygens (including phenoxy) is 5. The number of nitrogens with zero attached hydrogens (tertiary/aromatic N) is 8. The number of rotatable bonds is 19. The van der Waals surface area contributed by atoms with Crippen LogP contribution in [0.15, 0.2) is 58.5 Å². The van der Waals surface area contributed by atoms with Crippen LogP contribution in [0.25, 0.3) is 22.1 Å². The summed E-state index contributed by atoms with van der Waals surface area (Å²) < 4.78 is 34.9. The number of fused-ring (bicyclic) bond motifs is 2. The third-order valence-electron chi connectivity index (χ3n) is 11.4. The van der Waals surface area contributed by atoms with Gasteiger partial charge in [-0.15, -0.1) is 0 Å². The van der Waals surface area contributed by atoms with Gasteiger partial charge in [0.25, 0.3) is 11.8 Å². The van der Waals surface area contributed by atoms with Gasteiger partial charge in [0.2, 0.25) is 23.1 Å². The number of aromatic amines is 2. The Balaban J connectivity index is 1.26. The molecule has 0 saturated carbocycles. The lowest BCUT2D eigenvalue weighted by atomic mass is 9.99. The van der Waals surface area contributed by atoms with Crippen molar-refractivity contribution >= 4 is 45.7 Å². The predicted octanol–water partition coefficient (Wildman–Crippen LogP) is 0.486. The number of benzene rings is 2. The first-order valence-corrected chi connectivity index (χ1v) is 22.1. The van der Waals surface area contributed by atoms with E-state index >= 15 is 0 Å². The molecule has 5 atom stereocenters. The maximum Gasteiger partial charge on any atom is 0.298 e. The van der Waals surface area contributed by atoms with Crippen molar-refractivity contribution in [3.63, 3.8) is 0 Å². The number of aryl methyl sites for hydroxylation is 4. The van der Waals surface area contributed by atoms with Crippen LogP contribution in [0, 0.1) is 13.8 Å². The maximum atomic E-state index is 13.8. The summed E-state index contributed by atoms with van der Waals surface area (Å²) in [6.45, 7) is 7.71. The first-order valence-electron chi connectivity index (χ1n) is 22.1. The zero-order valence-electron chi connectivity index (χ0n) is 38.9. The molecule has 5 heterocycles. The second-order valence-corrected chi connectivity index (χ2v) is 16.1. The number of imidazole rings is 2. The largest absolute Gasteiger partial charge is 0.494 e. The van der Waals surface area contributed by atoms with Crippen molar-refractivity contribution in [1.29, 1.82) is 0 Å². The Kier molecular flexibility index (Phi) is 15.4. The van der Waals surface area contributed by atoms with Crippen LogP contribution in [-0.4, -0.2) is 142 Å². The second-order valence-electron chi connectivity index (χ2n) is 16.1. The lowest BCUT2D eigenvalue weighted by Gasteiger charge is -2.41. The number of carbonyl (C=O) groups is 4. The lowest BCUT2D eigenvalue weighted by Crippen LogP contribution is -2.60. The van der Waals surface area contributed by atoms with Crippen molar-refractivity contribution in [2.75, 3.05) is 34.0 Å². The number of nitrogens with one attached hydrogen (secondary N) is 2. The van der Waals surface area contributed by atoms with Gasteiger partial charge in [-0.3, -0.25) is 28.5 Å². The summed E-state index contributed by atoms with van der Waals surface area (Å²) in [6, 6.07) is 9.29. The van der Waals surface area contributed by atoms with E-state index < -0.39 is 60.9 Å². The van der Waals surface area contributed by atoms with Crippen LogP contribution < -0.4 is 32.2 Å². The highest BCUT2D eigenvalue weighted by Gasteiger charge is 2.45. The first-order chi connectivity index (χ1) is 33.1. The highest BCUT2D eigenvalue weighted by atomic mass is 16.7. The maximum absolute atomic E-state index is 13.8. The smallest absolute Gasteiger partial charge is 0.298 e. The summed E-state index contributed by atoms with van der Waals surface area (Å²) in [7, 11) is 2.75. The van der Waals surface area contributed by atoms with Gasteiger partial charge in [-0.25, -0.2) is 0 Å². The molecule has 4 aromatic heterocycles. The van der Waals surface area contributed by atoms with Gasteiger partial charge < -0.3 is 69.6 Å². The van der Waals surface area contributed by atoms with Crippen LogP contribution >= 0.6 is 0 Å². The van der Waals surface area contributed by atoms with E-state index in [2.05, 4.69) is 30.2 Å². The average molecular weight is 957 g/mol. The number of amides is 4. The van der Waals surface area contributed by atoms with Crippen molar-refractivity contribution in [3.05, 3.63) is 93.7 Å². The average Bonchev–Trinajstić information content (AvgIpc) is 4.10. The highest BCUT2D eigenvalue weighted by Crippen LogP contribution is 2.29. The van der Waals surface area contributed by atoms with Crippen molar-refractivity contribution in [1.82, 2.24) is 38.7 Å². The van der Waals surface area contributed by atoms with Gasteiger partial charge in [-0.05, 0) is 64.1 Å². The molecule has 69 heavy (non-hydrogen) atoms. The molecular weight excluding hydrogens is 901 g/mol. The number of hydrogen-bond acceptors (Lipinski definition) is 14. The summed E-state index contributed by atoms with van der Waals surface area (Å²) in [5, 5.41) is 39.9. The van der Waals surface area contributed by atoms with Crippen molar-refractivity contribution in [2.45, 2.75) is 91.0 Å². The quantitative estimate of drug-likeness (QED) is 0.0429. The molecule has 1 fully saturated rings. The molecule has 4 amide bonds. The van der Waals surface area contributed by atoms with E-state index in [9.17, 15) is 34.5 Å². The van der Waals surface area contributed by atoms with E-state index in [1.165, 1.54) is 43.2 Å². The van der Waals surface area contributed by atoms with Crippen molar-refractivity contribution in [2.24, 2.45) is 21.5 Å². The molecule has 0 spiro atoms. The molecule has 7 rings (SSSR count). The minimum atomic E-state index is -1.35. The molecule has 6 aromatic rings. The zero-order valence-corrected chi connectivity index (χ0v) is 38.9. The molecule has 2 aromatic carbocycles. The Hall–Kier alpha value is -7.22. The Labute approximate surface area is 393 Å². The molecule has 9 N–H and O–H groups in total. The Bertz CT molecular complexity index is 3050. The fourth-order valence-electron chi connectivity index (χ4n) is 8.12. The number of methoxy groups -OCH3 is 2. The minimum absolute atomic E-state index is 0.00532. The lowest BCUT2D eigenvalue weighted by molar-refractivity contribution is -0.301. The summed E-state index contributed by atoms with van der Waals surface area (Å²) in [5.74, 6) is -2.12. The van der Waals surface area contributed by atoms with Gasteiger partial charge in [0.15, 0.2) is 6.29 Å². The van der Waals surface area contributed by atoms with Gasteiger partial charge in [0.05, 0.1) is 49.4 Å². The first kappa shape index (κ1) is 49.7. The number of H-pyrrole nitrogens is 2. The Morgan fingerprint density at radius 1 is 0.768 bits per heavy atom. The van der Waals surface area contributed by atoms with Crippen LogP contribution in [-0.2, 0) is 40.4 Å². The Morgan fingerprint density at radius 2 is 1.28 bits per heavy atom. The summed E-state index contributed by atoms with van der Waals surface area (Å²) >= 11 is 0. The van der Waals surface area contributed by atoms with Gasteiger partial charge in [0.1, 0.15) is 58.3 Å². The fourth-order valence-corrected chi connectivity index (χ4v) is 8.12. The van der Waals surface area contributed by atoms with Crippen molar-refractivity contribution < 1.29 is 58.2 Å². The van der Waals surface area contributed by atoms with Gasteiger partial charge in [0, 0.05) is 50.8 Å². The van der Waals surface area contributed by atoms with Gasteiger partial charge >= 0.3 is 0 Å². The summed E-state index contributed by atoms with van der Waals surface area (Å²) in [6.07, 6.45) is -2.24. The topological polar surface area (TPSA) is 329 Å². The Morgan fingerprint density at radius 3 is 1.74 bits per heavy atom. The standard InChI is InChI=1S/C45H56N12O12/c1-7-56-29(16-23(3)52-56)41(63)50-44-48-27-18-25(39(46)61)20-31(65-5)34(27)54(44)12-9-10-13-55-35-28(49-45(55)51-42(64)30-17-24(4)53-57(30)8-2)19-26(40(47)62)21-32(35)67-14-11-15-68-38-36(59)33(22-58)69-43(66-6)37(38)60/h9-10,16-21,33,36-38,43,58-60H,7-8,11-15,22H2,1-6H3,(H2,46,61)(H2,47,62)(H,48,50,63)(H,49,51,64)/b10-9+/t33-,36-,37-,38+,43+/m1/s1. The van der Waals surface area contributed by atoms with Crippen LogP contribution in [0.3, 0.4) is 0 Å². The van der Waals surface area contributed by atoms with E-state index in [0.717, 1.165) is 0 Å². The molecule has 1 aliphatic heterocycles. The zero-order chi connectivity index (χ0) is 49.7. The SMILES string of the molecule is CCn1nc(C)cc1C(=O)/N=c1/[nH]c2cc(C(N)=O)cc(OC)c2n1C/C=C/Cn1/c(=N/C(=O)c2cc(C)nn2CC)[nH]c2cc(C(N)=O)cc(OCCCO[C@@H]3[C@@H](O)[C@@H](OC)O[C@H](CO)[C@H]3O)c21. The van der Waals surface area contributed by atoms with Crippen LogP contribution in [0.5, 0.6) is 11.5 Å². The molecule has 24 heteroatoms. The number of primary amides is 2. The number of nitrogens with two attached hydrogens (primary N) is 2. The van der Waals surface area contributed by atoms with Crippen LogP contribution in [0.2, 0.25) is 0 Å². The molecule has 368 valence electrons. The monoisotopic (exact) mass is 956 g/mol. The third kappa shape index (κ3) is 10.4. The molecule has 0 unspecified atom stereocenters. The molecule has 0 aliphatic carbocycles. The van der Waals surface area contributed by atoms with E-state index in [0.29, 0.717) is 46.5 Å². The van der Waals surface area contributed by atoms with E-state index in [1.807, 2.05) is 13.8 Å². The number of carbonyl (C=O) groups excluding carboxylic acids is 4. The predicted molar refractivity (Wildman–Crippen MR) is 245 cm³/mol. The molecule has 24 nitrogen and oxygen atoms in total. The highest BCUT2D eigenvalue weighted by molar-refractivity contribution is 5.99. The number of aliphatic hydroxyl groups is 3. The van der Waals surface area contributed by atoms with Crippen LogP contribution in [0.4, 0.5) is 0 Å². The van der Waals surface area contributed by atoms with E-state index in [1.54, 1.807) is 51.9 Å². The summed E-state index contributed by atoms with van der Waals surface area (Å²) in [4.78, 5) is 67.7. The molecule has 1 saturated heterocycles. The van der Waals surface area contributed by atoms with E-state index in [-0.39, 0.29) is 78.0 Å². The number of allylic oxidation sites excluding steroid dienone is 2. The third-order valence-corrected chi connectivity index (χ3v) is 11.4. The van der Waals surface area contributed by atoms with Gasteiger partial charge in [-0.2, -0.15) is 20.2 Å². The number of hydrogen-bond donors (Lipinski definition) is 7. The number of aromatic nitrogens is 8. The van der Waals surface area contributed by atoms with E-state index in [4.69, 9.17) is 35.2 Å². The molecule has 0 radical (unpaired) electrons. The normalized spacial score (nSPS) is 19.1. The second kappa shape index (κ2) is 21.4. The summed E-state index contributed by atoms with van der Waals surface area (Å²) in [5.41, 5.74) is 15.4. The van der Waals surface area contributed by atoms with Crippen molar-refractivity contribution in [3.8, 4) is 11.5 Å². The molecule has 0 bridgehead atoms. The molecule has 1 aliphatic rings.